The van der Waals surface area contributed by atoms with Gasteiger partial charge in [-0.05, 0) is 48.2 Å². The molecule has 3 heterocycles. The normalized spacial score (nSPS) is 14.4. The molecule has 0 fully saturated rings. The maximum atomic E-state index is 13.3. The average Bonchev–Trinajstić information content (AvgIpc) is 3.13. The summed E-state index contributed by atoms with van der Waals surface area (Å²) < 4.78 is 26.2. The van der Waals surface area contributed by atoms with Crippen molar-refractivity contribution in [2.75, 3.05) is 13.1 Å². The molecule has 0 unspecified atom stereocenters. The summed E-state index contributed by atoms with van der Waals surface area (Å²) in [4.78, 5) is 21.7. The summed E-state index contributed by atoms with van der Waals surface area (Å²) >= 11 is 0. The molecule has 1 aliphatic rings. The fourth-order valence-corrected chi connectivity index (χ4v) is 3.47. The van der Waals surface area contributed by atoms with Gasteiger partial charge in [0.15, 0.2) is 11.6 Å². The number of aryl methyl sites for hydroxylation is 1. The Labute approximate surface area is 155 Å². The van der Waals surface area contributed by atoms with E-state index in [1.54, 1.807) is 11.1 Å². The van der Waals surface area contributed by atoms with Gasteiger partial charge in [0, 0.05) is 42.9 Å². The van der Waals surface area contributed by atoms with Crippen molar-refractivity contribution < 1.29 is 13.6 Å². The third-order valence-electron chi connectivity index (χ3n) is 4.97. The number of aromatic amines is 1. The summed E-state index contributed by atoms with van der Waals surface area (Å²) in [6.07, 6.45) is 7.26. The van der Waals surface area contributed by atoms with Crippen LogP contribution in [0, 0.1) is 11.6 Å². The Balaban J connectivity index is 1.39. The summed E-state index contributed by atoms with van der Waals surface area (Å²) in [5, 5.41) is 1.09. The van der Waals surface area contributed by atoms with Crippen LogP contribution in [-0.4, -0.2) is 33.9 Å². The van der Waals surface area contributed by atoms with E-state index < -0.39 is 11.6 Å². The molecule has 0 bridgehead atoms. The Bertz CT molecular complexity index is 1030. The van der Waals surface area contributed by atoms with E-state index in [2.05, 4.69) is 16.0 Å². The van der Waals surface area contributed by atoms with Crippen molar-refractivity contribution in [2.45, 2.75) is 19.3 Å². The van der Waals surface area contributed by atoms with Crippen molar-refractivity contribution in [3.63, 3.8) is 0 Å². The van der Waals surface area contributed by atoms with Gasteiger partial charge < -0.3 is 9.88 Å². The monoisotopic (exact) mass is 367 g/mol. The van der Waals surface area contributed by atoms with Gasteiger partial charge in [-0.15, -0.1) is 0 Å². The third kappa shape index (κ3) is 3.60. The van der Waals surface area contributed by atoms with E-state index in [9.17, 15) is 13.6 Å². The standard InChI is InChI=1S/C21H19F2N3O/c22-18-5-3-14(12-19(18)23)4-6-20(27)26-10-7-15(8-11-26)17-13-25-21-16(17)2-1-9-24-21/h1-3,5,7,9,12-13H,4,6,8,10-11H2,(H,24,25). The smallest absolute Gasteiger partial charge is 0.223 e. The van der Waals surface area contributed by atoms with Gasteiger partial charge in [0.2, 0.25) is 5.91 Å². The molecule has 3 aromatic rings. The zero-order chi connectivity index (χ0) is 18.8. The number of carbonyl (C=O) groups is 1. The van der Waals surface area contributed by atoms with E-state index in [1.165, 1.54) is 11.6 Å². The summed E-state index contributed by atoms with van der Waals surface area (Å²) in [6, 6.07) is 7.72. The van der Waals surface area contributed by atoms with E-state index in [4.69, 9.17) is 0 Å². The summed E-state index contributed by atoms with van der Waals surface area (Å²) in [5.41, 5.74) is 3.83. The van der Waals surface area contributed by atoms with Gasteiger partial charge in [0.05, 0.1) is 0 Å². The molecule has 1 N–H and O–H groups in total. The van der Waals surface area contributed by atoms with Crippen LogP contribution in [0.4, 0.5) is 8.78 Å². The zero-order valence-corrected chi connectivity index (χ0v) is 14.7. The first kappa shape index (κ1) is 17.4. The maximum absolute atomic E-state index is 13.3. The van der Waals surface area contributed by atoms with Gasteiger partial charge in [-0.1, -0.05) is 12.1 Å². The molecule has 0 spiro atoms. The number of nitrogens with one attached hydrogen (secondary N) is 1. The molecule has 27 heavy (non-hydrogen) atoms. The molecule has 2 aromatic heterocycles. The van der Waals surface area contributed by atoms with Crippen molar-refractivity contribution in [1.82, 2.24) is 14.9 Å². The van der Waals surface area contributed by atoms with Crippen molar-refractivity contribution in [3.8, 4) is 0 Å². The highest BCUT2D eigenvalue weighted by Gasteiger charge is 2.19. The number of H-pyrrole nitrogens is 1. The quantitative estimate of drug-likeness (QED) is 0.755. The van der Waals surface area contributed by atoms with Gasteiger partial charge in [0.25, 0.3) is 0 Å². The first-order chi connectivity index (χ1) is 13.1. The molecule has 6 heteroatoms. The predicted octanol–water partition coefficient (Wildman–Crippen LogP) is 4.09. The van der Waals surface area contributed by atoms with Crippen LogP contribution in [0.15, 0.2) is 48.8 Å². The molecule has 0 saturated carbocycles. The molecule has 0 saturated heterocycles. The highest BCUT2D eigenvalue weighted by atomic mass is 19.2. The highest BCUT2D eigenvalue weighted by molar-refractivity contribution is 5.91. The van der Waals surface area contributed by atoms with Crippen molar-refractivity contribution in [2.24, 2.45) is 0 Å². The second-order valence-electron chi connectivity index (χ2n) is 6.67. The number of aromatic nitrogens is 2. The summed E-state index contributed by atoms with van der Waals surface area (Å²) in [7, 11) is 0. The Hall–Kier alpha value is -3.02. The minimum absolute atomic E-state index is 0.0237. The van der Waals surface area contributed by atoms with Crippen molar-refractivity contribution in [3.05, 3.63) is 71.6 Å². The number of carbonyl (C=O) groups excluding carboxylic acids is 1. The van der Waals surface area contributed by atoms with E-state index in [0.29, 0.717) is 25.1 Å². The van der Waals surface area contributed by atoms with E-state index in [-0.39, 0.29) is 12.3 Å². The zero-order valence-electron chi connectivity index (χ0n) is 14.7. The molecule has 1 aliphatic heterocycles. The van der Waals surface area contributed by atoms with Crippen LogP contribution in [-0.2, 0) is 11.2 Å². The first-order valence-electron chi connectivity index (χ1n) is 8.95. The van der Waals surface area contributed by atoms with Crippen LogP contribution in [0.2, 0.25) is 0 Å². The number of hydrogen-bond donors (Lipinski definition) is 1. The van der Waals surface area contributed by atoms with E-state index >= 15 is 0 Å². The first-order valence-corrected chi connectivity index (χ1v) is 8.95. The number of pyridine rings is 1. The van der Waals surface area contributed by atoms with Crippen molar-refractivity contribution >= 4 is 22.5 Å². The Morgan fingerprint density at radius 2 is 2.11 bits per heavy atom. The molecule has 4 nitrogen and oxygen atoms in total. The lowest BCUT2D eigenvalue weighted by Crippen LogP contribution is -2.34. The number of fused-ring (bicyclic) bond motifs is 1. The topological polar surface area (TPSA) is 49.0 Å². The molecule has 138 valence electrons. The molecule has 1 aromatic carbocycles. The lowest BCUT2D eigenvalue weighted by molar-refractivity contribution is -0.130. The van der Waals surface area contributed by atoms with Crippen LogP contribution in [0.1, 0.15) is 24.0 Å². The van der Waals surface area contributed by atoms with Gasteiger partial charge in [-0.2, -0.15) is 0 Å². The van der Waals surface area contributed by atoms with Gasteiger partial charge >= 0.3 is 0 Å². The number of rotatable bonds is 4. The third-order valence-corrected chi connectivity index (χ3v) is 4.97. The molecule has 0 aliphatic carbocycles. The minimum atomic E-state index is -0.876. The maximum Gasteiger partial charge on any atom is 0.223 e. The second-order valence-corrected chi connectivity index (χ2v) is 6.67. The predicted molar refractivity (Wildman–Crippen MR) is 99.9 cm³/mol. The Morgan fingerprint density at radius 1 is 1.22 bits per heavy atom. The van der Waals surface area contributed by atoms with Gasteiger partial charge in [-0.25, -0.2) is 13.8 Å². The van der Waals surface area contributed by atoms with Crippen LogP contribution < -0.4 is 0 Å². The number of halogens is 2. The summed E-state index contributed by atoms with van der Waals surface area (Å²) in [6.45, 7) is 1.20. The SMILES string of the molecule is O=C(CCc1ccc(F)c(F)c1)N1CC=C(c2c[nH]c3ncccc23)CC1. The fourth-order valence-electron chi connectivity index (χ4n) is 3.47. The Kier molecular flexibility index (Phi) is 4.71. The molecule has 1 amide bonds. The minimum Gasteiger partial charge on any atom is -0.346 e. The molecule has 4 rings (SSSR count). The van der Waals surface area contributed by atoms with Crippen LogP contribution in [0.3, 0.4) is 0 Å². The number of hydrogen-bond acceptors (Lipinski definition) is 2. The van der Waals surface area contributed by atoms with Gasteiger partial charge in [0.1, 0.15) is 5.65 Å². The van der Waals surface area contributed by atoms with Crippen LogP contribution >= 0.6 is 0 Å². The summed E-state index contributed by atoms with van der Waals surface area (Å²) in [5.74, 6) is -1.72. The van der Waals surface area contributed by atoms with Gasteiger partial charge in [-0.3, -0.25) is 4.79 Å². The largest absolute Gasteiger partial charge is 0.346 e. The molecular weight excluding hydrogens is 348 g/mol. The average molecular weight is 367 g/mol. The molecular formula is C21H19F2N3O. The fraction of sp³-hybridized carbons (Fsp3) is 0.238. The van der Waals surface area contributed by atoms with E-state index in [1.807, 2.05) is 18.3 Å². The van der Waals surface area contributed by atoms with E-state index in [0.717, 1.165) is 35.2 Å². The number of nitrogens with zero attached hydrogens (tertiary/aromatic N) is 2. The van der Waals surface area contributed by atoms with Crippen molar-refractivity contribution in [1.29, 1.82) is 0 Å². The van der Waals surface area contributed by atoms with Crippen LogP contribution in [0.25, 0.3) is 16.6 Å². The molecule has 0 atom stereocenters. The lowest BCUT2D eigenvalue weighted by atomic mass is 9.99. The molecule has 0 radical (unpaired) electrons. The Morgan fingerprint density at radius 3 is 2.89 bits per heavy atom. The lowest BCUT2D eigenvalue weighted by Gasteiger charge is -2.26. The highest BCUT2D eigenvalue weighted by Crippen LogP contribution is 2.28. The number of amides is 1. The van der Waals surface area contributed by atoms with Crippen LogP contribution in [0.5, 0.6) is 0 Å². The number of benzene rings is 1. The second kappa shape index (κ2) is 7.31.